The molecule has 1 aliphatic carbocycles. The Hall–Kier alpha value is -1.06. The van der Waals surface area contributed by atoms with Crippen LogP contribution in [-0.2, 0) is 11.2 Å². The lowest BCUT2D eigenvalue weighted by Crippen LogP contribution is -2.43. The lowest BCUT2D eigenvalue weighted by Gasteiger charge is -2.32. The van der Waals surface area contributed by atoms with E-state index in [2.05, 4.69) is 34.5 Å². The summed E-state index contributed by atoms with van der Waals surface area (Å²) >= 11 is 0. The van der Waals surface area contributed by atoms with Crippen molar-refractivity contribution in [1.29, 1.82) is 0 Å². The fourth-order valence-corrected chi connectivity index (χ4v) is 3.78. The predicted molar refractivity (Wildman–Crippen MR) is 88.0 cm³/mol. The number of carbonyl (C=O) groups is 1. The molecule has 0 saturated carbocycles. The summed E-state index contributed by atoms with van der Waals surface area (Å²) in [5, 5.41) is 3.22. The van der Waals surface area contributed by atoms with Crippen LogP contribution in [0.4, 0.5) is 0 Å². The summed E-state index contributed by atoms with van der Waals surface area (Å²) in [5.41, 5.74) is 2.65. The van der Waals surface area contributed by atoms with E-state index in [0.717, 1.165) is 45.2 Å². The van der Waals surface area contributed by atoms with E-state index < -0.39 is 0 Å². The summed E-state index contributed by atoms with van der Waals surface area (Å²) in [5.74, 6) is 0.451. The number of benzene rings is 1. The van der Waals surface area contributed by atoms with Crippen LogP contribution >= 0.6 is 12.4 Å². The largest absolute Gasteiger partial charge is 0.338 e. The second-order valence-electron chi connectivity index (χ2n) is 6.03. The number of amides is 1. The Morgan fingerprint density at radius 3 is 2.90 bits per heavy atom. The van der Waals surface area contributed by atoms with E-state index in [-0.39, 0.29) is 18.3 Å². The molecule has 3 nitrogen and oxygen atoms in total. The number of likely N-dealkylation sites (N-methyl/N-ethyl adjacent to an activating group) is 1. The normalized spacial score (nSPS) is 24.3. The summed E-state index contributed by atoms with van der Waals surface area (Å²) in [6.07, 6.45) is 5.56. The molecule has 0 spiro atoms. The van der Waals surface area contributed by atoms with Gasteiger partial charge in [-0.1, -0.05) is 24.3 Å². The van der Waals surface area contributed by atoms with Crippen molar-refractivity contribution in [3.63, 3.8) is 0 Å². The zero-order chi connectivity index (χ0) is 13.9. The van der Waals surface area contributed by atoms with Crippen LogP contribution in [0.2, 0.25) is 0 Å². The van der Waals surface area contributed by atoms with Gasteiger partial charge in [0.25, 0.3) is 0 Å². The van der Waals surface area contributed by atoms with Crippen LogP contribution in [0.5, 0.6) is 0 Å². The third kappa shape index (κ3) is 3.24. The van der Waals surface area contributed by atoms with E-state index in [0.29, 0.717) is 11.9 Å². The molecule has 0 radical (unpaired) electrons. The Bertz CT molecular complexity index is 491. The van der Waals surface area contributed by atoms with E-state index in [4.69, 9.17) is 0 Å². The van der Waals surface area contributed by atoms with Gasteiger partial charge in [0.2, 0.25) is 5.91 Å². The first kappa shape index (κ1) is 16.3. The first-order valence-electron chi connectivity index (χ1n) is 7.84. The molecule has 1 amide bonds. The van der Waals surface area contributed by atoms with Gasteiger partial charge in [-0.05, 0) is 50.3 Å². The Morgan fingerprint density at radius 2 is 2.10 bits per heavy atom. The van der Waals surface area contributed by atoms with Gasteiger partial charge in [0.05, 0.1) is 5.92 Å². The highest BCUT2D eigenvalue weighted by molar-refractivity contribution is 5.85. The molecule has 1 aromatic carbocycles. The molecule has 1 N–H and O–H groups in total. The molecule has 2 atom stereocenters. The zero-order valence-electron chi connectivity index (χ0n) is 12.7. The van der Waals surface area contributed by atoms with Gasteiger partial charge < -0.3 is 10.2 Å². The van der Waals surface area contributed by atoms with Crippen molar-refractivity contribution >= 4 is 18.3 Å². The lowest BCUT2D eigenvalue weighted by atomic mass is 9.82. The van der Waals surface area contributed by atoms with E-state index in [1.165, 1.54) is 11.1 Å². The van der Waals surface area contributed by atoms with Gasteiger partial charge >= 0.3 is 0 Å². The van der Waals surface area contributed by atoms with Crippen molar-refractivity contribution in [2.24, 2.45) is 0 Å². The molecular weight excluding hydrogens is 284 g/mol. The fourth-order valence-electron chi connectivity index (χ4n) is 3.78. The smallest absolute Gasteiger partial charge is 0.230 e. The molecule has 1 heterocycles. The van der Waals surface area contributed by atoms with E-state index in [9.17, 15) is 4.79 Å². The molecule has 1 fully saturated rings. The molecule has 2 unspecified atom stereocenters. The summed E-state index contributed by atoms with van der Waals surface area (Å²) in [6, 6.07) is 8.89. The molecule has 0 aromatic heterocycles. The maximum Gasteiger partial charge on any atom is 0.230 e. The van der Waals surface area contributed by atoms with E-state index in [1.54, 1.807) is 0 Å². The molecular formula is C17H25ClN2O. The number of nitrogens with zero attached hydrogens (tertiary/aromatic N) is 1. The van der Waals surface area contributed by atoms with Crippen molar-refractivity contribution in [3.05, 3.63) is 35.4 Å². The molecule has 3 rings (SSSR count). The first-order valence-corrected chi connectivity index (χ1v) is 7.84. The van der Waals surface area contributed by atoms with Crippen molar-refractivity contribution < 1.29 is 4.79 Å². The van der Waals surface area contributed by atoms with Crippen LogP contribution in [0.3, 0.4) is 0 Å². The third-order valence-electron chi connectivity index (χ3n) is 4.77. The minimum Gasteiger partial charge on any atom is -0.338 e. The topological polar surface area (TPSA) is 32.3 Å². The Labute approximate surface area is 133 Å². The molecule has 1 saturated heterocycles. The second-order valence-corrected chi connectivity index (χ2v) is 6.03. The third-order valence-corrected chi connectivity index (χ3v) is 4.77. The molecule has 2 aliphatic rings. The summed E-state index contributed by atoms with van der Waals surface area (Å²) in [4.78, 5) is 15.1. The number of aryl methyl sites for hydroxylation is 1. The summed E-state index contributed by atoms with van der Waals surface area (Å²) in [7, 11) is 1.97. The van der Waals surface area contributed by atoms with Crippen molar-refractivity contribution in [1.82, 2.24) is 10.2 Å². The number of fused-ring (bicyclic) bond motifs is 1. The van der Waals surface area contributed by atoms with Gasteiger partial charge in [0.15, 0.2) is 0 Å². The van der Waals surface area contributed by atoms with Gasteiger partial charge in [-0.3, -0.25) is 4.79 Å². The van der Waals surface area contributed by atoms with Crippen LogP contribution < -0.4 is 5.32 Å². The van der Waals surface area contributed by atoms with Gasteiger partial charge in [0, 0.05) is 19.1 Å². The van der Waals surface area contributed by atoms with E-state index >= 15 is 0 Å². The van der Waals surface area contributed by atoms with Gasteiger partial charge in [-0.2, -0.15) is 0 Å². The fraction of sp³-hybridized carbons (Fsp3) is 0.588. The monoisotopic (exact) mass is 308 g/mol. The standard InChI is InChI=1S/C17H24N2O.ClH/c1-18-12-14-8-5-11-19(14)17(20)16-10-4-7-13-6-2-3-9-15(13)16;/h2-3,6,9,14,16,18H,4-5,7-8,10-12H2,1H3;1H. The minimum atomic E-state index is 0. The number of halogens is 1. The summed E-state index contributed by atoms with van der Waals surface area (Å²) < 4.78 is 0. The van der Waals surface area contributed by atoms with Crippen LogP contribution in [-0.4, -0.2) is 37.0 Å². The highest BCUT2D eigenvalue weighted by atomic mass is 35.5. The average molecular weight is 309 g/mol. The molecule has 116 valence electrons. The van der Waals surface area contributed by atoms with Crippen LogP contribution in [0.25, 0.3) is 0 Å². The Kier molecular flexibility index (Phi) is 5.65. The van der Waals surface area contributed by atoms with Crippen LogP contribution in [0.1, 0.15) is 42.7 Å². The molecule has 21 heavy (non-hydrogen) atoms. The van der Waals surface area contributed by atoms with Gasteiger partial charge in [-0.15, -0.1) is 12.4 Å². The van der Waals surface area contributed by atoms with Crippen molar-refractivity contribution in [3.8, 4) is 0 Å². The maximum atomic E-state index is 12.9. The van der Waals surface area contributed by atoms with E-state index in [1.807, 2.05) is 7.05 Å². The summed E-state index contributed by atoms with van der Waals surface area (Å²) in [6.45, 7) is 1.85. The van der Waals surface area contributed by atoms with Crippen molar-refractivity contribution in [2.75, 3.05) is 20.1 Å². The predicted octanol–water partition coefficient (Wildman–Crippen LogP) is 2.74. The highest BCUT2D eigenvalue weighted by Gasteiger charge is 2.35. The van der Waals surface area contributed by atoms with Gasteiger partial charge in [-0.25, -0.2) is 0 Å². The number of hydrogen-bond donors (Lipinski definition) is 1. The maximum absolute atomic E-state index is 12.9. The SMILES string of the molecule is CNCC1CCCN1C(=O)C1CCCc2ccccc21.Cl. The highest BCUT2D eigenvalue weighted by Crippen LogP contribution is 2.34. The Balaban J connectivity index is 0.00000161. The number of rotatable bonds is 3. The molecule has 0 bridgehead atoms. The average Bonchev–Trinajstić information content (AvgIpc) is 2.94. The number of nitrogens with one attached hydrogen (secondary N) is 1. The molecule has 1 aliphatic heterocycles. The van der Waals surface area contributed by atoms with Crippen LogP contribution in [0, 0.1) is 0 Å². The Morgan fingerprint density at radius 1 is 1.29 bits per heavy atom. The number of carbonyl (C=O) groups excluding carboxylic acids is 1. The number of hydrogen-bond acceptors (Lipinski definition) is 2. The molecule has 1 aromatic rings. The molecule has 4 heteroatoms. The van der Waals surface area contributed by atoms with Crippen LogP contribution in [0.15, 0.2) is 24.3 Å². The number of likely N-dealkylation sites (tertiary alicyclic amines) is 1. The second kappa shape index (κ2) is 7.28. The minimum absolute atomic E-state index is 0. The quantitative estimate of drug-likeness (QED) is 0.931. The first-order chi connectivity index (χ1) is 9.81. The van der Waals surface area contributed by atoms with Crippen molar-refractivity contribution in [2.45, 2.75) is 44.1 Å². The lowest BCUT2D eigenvalue weighted by molar-refractivity contribution is -0.133. The zero-order valence-corrected chi connectivity index (χ0v) is 13.5. The van der Waals surface area contributed by atoms with Gasteiger partial charge in [0.1, 0.15) is 0 Å².